The normalized spacial score (nSPS) is 14.2. The van der Waals surface area contributed by atoms with Crippen LogP contribution < -0.4 is 5.32 Å². The van der Waals surface area contributed by atoms with Crippen LogP contribution in [0.15, 0.2) is 48.7 Å². The van der Waals surface area contributed by atoms with E-state index in [1.807, 2.05) is 19.3 Å². The van der Waals surface area contributed by atoms with Gasteiger partial charge >= 0.3 is 0 Å². The summed E-state index contributed by atoms with van der Waals surface area (Å²) in [6.07, 6.45) is 2.86. The quantitative estimate of drug-likeness (QED) is 0.888. The van der Waals surface area contributed by atoms with Crippen molar-refractivity contribution >= 4 is 0 Å². The molecular weight excluding hydrogens is 220 g/mol. The number of nitrogens with one attached hydrogen (secondary N) is 1. The lowest BCUT2D eigenvalue weighted by Crippen LogP contribution is -2.39. The predicted octanol–water partition coefficient (Wildman–Crippen LogP) is 3.07. The molecule has 0 aliphatic heterocycles. The van der Waals surface area contributed by atoms with Crippen LogP contribution in [0.5, 0.6) is 0 Å². The van der Waals surface area contributed by atoms with E-state index in [2.05, 4.69) is 60.5 Å². The van der Waals surface area contributed by atoms with Crippen LogP contribution in [0.1, 0.15) is 23.7 Å². The van der Waals surface area contributed by atoms with Crippen molar-refractivity contribution in [1.29, 1.82) is 0 Å². The van der Waals surface area contributed by atoms with Crippen LogP contribution in [-0.2, 0) is 12.0 Å². The third-order valence-electron chi connectivity index (χ3n) is 3.43. The Morgan fingerprint density at radius 2 is 1.83 bits per heavy atom. The summed E-state index contributed by atoms with van der Waals surface area (Å²) in [5.74, 6) is 0. The summed E-state index contributed by atoms with van der Waals surface area (Å²) in [6, 6.07) is 14.7. The number of likely N-dealkylation sites (N-methyl/N-ethyl adjacent to an activating group) is 1. The first-order chi connectivity index (χ1) is 8.64. The van der Waals surface area contributed by atoms with E-state index < -0.39 is 0 Å². The maximum absolute atomic E-state index is 4.55. The molecule has 0 saturated carbocycles. The minimum Gasteiger partial charge on any atom is -0.309 e. The zero-order valence-electron chi connectivity index (χ0n) is 11.3. The van der Waals surface area contributed by atoms with E-state index in [0.717, 1.165) is 12.1 Å². The van der Waals surface area contributed by atoms with Gasteiger partial charge in [0.05, 0.1) is 11.2 Å². The van der Waals surface area contributed by atoms with Gasteiger partial charge in [-0.1, -0.05) is 36.4 Å². The number of pyridine rings is 1. The minimum atomic E-state index is -0.130. The second-order valence-electron chi connectivity index (χ2n) is 4.97. The van der Waals surface area contributed by atoms with Gasteiger partial charge in [0.2, 0.25) is 0 Å². The molecule has 1 N–H and O–H groups in total. The average molecular weight is 240 g/mol. The molecule has 0 aliphatic carbocycles. The number of aryl methyl sites for hydroxylation is 1. The zero-order chi connectivity index (χ0) is 13.0. The maximum Gasteiger partial charge on any atom is 0.0618 e. The minimum absolute atomic E-state index is 0.130. The van der Waals surface area contributed by atoms with Gasteiger partial charge in [0.1, 0.15) is 0 Å². The SMILES string of the molecule is CNC(C)(Cc1ccccc1)c1ccc(C)cn1. The van der Waals surface area contributed by atoms with Gasteiger partial charge in [-0.3, -0.25) is 4.98 Å². The Balaban J connectivity index is 2.28. The van der Waals surface area contributed by atoms with Gasteiger partial charge in [0, 0.05) is 6.20 Å². The summed E-state index contributed by atoms with van der Waals surface area (Å²) in [4.78, 5) is 4.55. The summed E-state index contributed by atoms with van der Waals surface area (Å²) < 4.78 is 0. The molecule has 0 bridgehead atoms. The molecule has 1 unspecified atom stereocenters. The second-order valence-corrected chi connectivity index (χ2v) is 4.97. The molecule has 2 aromatic rings. The van der Waals surface area contributed by atoms with Crippen LogP contribution in [0.4, 0.5) is 0 Å². The standard InChI is InChI=1S/C16H20N2/c1-13-9-10-15(18-12-13)16(2,17-3)11-14-7-5-4-6-8-14/h4-10,12,17H,11H2,1-3H3. The van der Waals surface area contributed by atoms with Crippen molar-refractivity contribution in [2.45, 2.75) is 25.8 Å². The molecule has 1 atom stereocenters. The average Bonchev–Trinajstić information content (AvgIpc) is 2.40. The highest BCUT2D eigenvalue weighted by Crippen LogP contribution is 2.23. The van der Waals surface area contributed by atoms with Crippen molar-refractivity contribution in [3.63, 3.8) is 0 Å². The molecule has 0 fully saturated rings. The fourth-order valence-electron chi connectivity index (χ4n) is 2.11. The molecule has 0 radical (unpaired) electrons. The van der Waals surface area contributed by atoms with Crippen LogP contribution in [0.2, 0.25) is 0 Å². The van der Waals surface area contributed by atoms with Gasteiger partial charge in [-0.25, -0.2) is 0 Å². The Morgan fingerprint density at radius 1 is 1.11 bits per heavy atom. The number of aromatic nitrogens is 1. The number of benzene rings is 1. The van der Waals surface area contributed by atoms with Crippen molar-refractivity contribution in [2.75, 3.05) is 7.05 Å². The van der Waals surface area contributed by atoms with Crippen molar-refractivity contribution in [2.24, 2.45) is 0 Å². The molecule has 1 heterocycles. The molecule has 0 amide bonds. The first kappa shape index (κ1) is 12.8. The monoisotopic (exact) mass is 240 g/mol. The van der Waals surface area contributed by atoms with Gasteiger partial charge in [0.15, 0.2) is 0 Å². The van der Waals surface area contributed by atoms with Crippen LogP contribution in [0, 0.1) is 6.92 Å². The summed E-state index contributed by atoms with van der Waals surface area (Å²) in [5, 5.41) is 3.40. The first-order valence-electron chi connectivity index (χ1n) is 6.30. The van der Waals surface area contributed by atoms with E-state index in [9.17, 15) is 0 Å². The highest BCUT2D eigenvalue weighted by Gasteiger charge is 2.26. The lowest BCUT2D eigenvalue weighted by atomic mass is 9.89. The van der Waals surface area contributed by atoms with Gasteiger partial charge in [-0.05, 0) is 44.5 Å². The molecule has 2 heteroatoms. The van der Waals surface area contributed by atoms with Crippen LogP contribution in [0.25, 0.3) is 0 Å². The molecule has 2 rings (SSSR count). The number of rotatable bonds is 4. The van der Waals surface area contributed by atoms with Crippen molar-refractivity contribution in [3.8, 4) is 0 Å². The summed E-state index contributed by atoms with van der Waals surface area (Å²) in [7, 11) is 1.99. The predicted molar refractivity (Wildman–Crippen MR) is 75.5 cm³/mol. The van der Waals surface area contributed by atoms with Gasteiger partial charge in [-0.2, -0.15) is 0 Å². The third kappa shape index (κ3) is 2.77. The van der Waals surface area contributed by atoms with E-state index in [0.29, 0.717) is 0 Å². The Bertz CT molecular complexity index is 490. The van der Waals surface area contributed by atoms with Crippen LogP contribution >= 0.6 is 0 Å². The van der Waals surface area contributed by atoms with Gasteiger partial charge in [-0.15, -0.1) is 0 Å². The van der Waals surface area contributed by atoms with E-state index in [1.54, 1.807) is 0 Å². The molecule has 0 spiro atoms. The lowest BCUT2D eigenvalue weighted by molar-refractivity contribution is 0.385. The van der Waals surface area contributed by atoms with E-state index in [1.165, 1.54) is 11.1 Å². The van der Waals surface area contributed by atoms with E-state index in [-0.39, 0.29) is 5.54 Å². The summed E-state index contributed by atoms with van der Waals surface area (Å²) >= 11 is 0. The Labute approximate surface area is 109 Å². The van der Waals surface area contributed by atoms with E-state index in [4.69, 9.17) is 0 Å². The zero-order valence-corrected chi connectivity index (χ0v) is 11.3. The fraction of sp³-hybridized carbons (Fsp3) is 0.312. The lowest BCUT2D eigenvalue weighted by Gasteiger charge is -2.29. The topological polar surface area (TPSA) is 24.9 Å². The molecule has 1 aromatic carbocycles. The third-order valence-corrected chi connectivity index (χ3v) is 3.43. The van der Waals surface area contributed by atoms with Gasteiger partial charge < -0.3 is 5.32 Å². The molecule has 0 saturated heterocycles. The number of hydrogen-bond acceptors (Lipinski definition) is 2. The Morgan fingerprint density at radius 3 is 2.39 bits per heavy atom. The molecule has 1 aromatic heterocycles. The van der Waals surface area contributed by atoms with Crippen molar-refractivity contribution < 1.29 is 0 Å². The molecule has 0 aliphatic rings. The van der Waals surface area contributed by atoms with Gasteiger partial charge in [0.25, 0.3) is 0 Å². The van der Waals surface area contributed by atoms with E-state index >= 15 is 0 Å². The highest BCUT2D eigenvalue weighted by molar-refractivity contribution is 5.24. The number of nitrogens with zero attached hydrogens (tertiary/aromatic N) is 1. The molecule has 18 heavy (non-hydrogen) atoms. The summed E-state index contributed by atoms with van der Waals surface area (Å²) in [6.45, 7) is 4.25. The fourth-order valence-corrected chi connectivity index (χ4v) is 2.11. The second kappa shape index (κ2) is 5.32. The highest BCUT2D eigenvalue weighted by atomic mass is 15.0. The Hall–Kier alpha value is -1.67. The van der Waals surface area contributed by atoms with Crippen molar-refractivity contribution in [1.82, 2.24) is 10.3 Å². The summed E-state index contributed by atoms with van der Waals surface area (Å²) in [5.41, 5.74) is 3.46. The molecule has 2 nitrogen and oxygen atoms in total. The molecular formula is C16H20N2. The largest absolute Gasteiger partial charge is 0.309 e. The van der Waals surface area contributed by atoms with Crippen molar-refractivity contribution in [3.05, 3.63) is 65.5 Å². The Kier molecular flexibility index (Phi) is 3.78. The number of hydrogen-bond donors (Lipinski definition) is 1. The van der Waals surface area contributed by atoms with Crippen LogP contribution in [-0.4, -0.2) is 12.0 Å². The van der Waals surface area contributed by atoms with Crippen LogP contribution in [0.3, 0.4) is 0 Å². The smallest absolute Gasteiger partial charge is 0.0618 e. The first-order valence-corrected chi connectivity index (χ1v) is 6.30. The molecule has 94 valence electrons. The maximum atomic E-state index is 4.55.